The summed E-state index contributed by atoms with van der Waals surface area (Å²) in [4.78, 5) is 24.8. The maximum atomic E-state index is 12.6. The number of amides is 1. The van der Waals surface area contributed by atoms with E-state index in [1.807, 2.05) is 13.0 Å². The highest BCUT2D eigenvalue weighted by molar-refractivity contribution is 5.98. The number of benzene rings is 1. The fraction of sp³-hybridized carbons (Fsp3) is 0.579. The molecule has 1 amide bonds. The van der Waals surface area contributed by atoms with Gasteiger partial charge in [0.1, 0.15) is 0 Å². The summed E-state index contributed by atoms with van der Waals surface area (Å²) in [6.45, 7) is 6.30. The molecule has 0 spiro atoms. The third-order valence-corrected chi connectivity index (χ3v) is 7.09. The van der Waals surface area contributed by atoms with E-state index >= 15 is 0 Å². The van der Waals surface area contributed by atoms with Crippen molar-refractivity contribution in [3.8, 4) is 0 Å². The first-order valence-electron chi connectivity index (χ1n) is 8.40. The lowest BCUT2D eigenvalue weighted by Crippen LogP contribution is -2.68. The van der Waals surface area contributed by atoms with Crippen LogP contribution in [-0.4, -0.2) is 17.4 Å². The molecule has 2 bridgehead atoms. The smallest absolute Gasteiger partial charge is 0.252 e. The van der Waals surface area contributed by atoms with Crippen molar-refractivity contribution in [3.63, 3.8) is 0 Å². The molecule has 2 saturated carbocycles. The minimum absolute atomic E-state index is 0.0863. The molecule has 0 heterocycles. The normalized spacial score (nSPS) is 38.5. The number of rotatable bonds is 4. The van der Waals surface area contributed by atoms with Gasteiger partial charge >= 0.3 is 0 Å². The van der Waals surface area contributed by atoms with E-state index in [0.29, 0.717) is 17.9 Å². The molecular formula is C19H24NO3-. The van der Waals surface area contributed by atoms with Crippen molar-refractivity contribution < 1.29 is 14.7 Å². The highest BCUT2D eigenvalue weighted by Gasteiger charge is 2.70. The number of nitrogens with one attached hydrogen (secondary N) is 1. The van der Waals surface area contributed by atoms with Gasteiger partial charge in [-0.2, -0.15) is 0 Å². The van der Waals surface area contributed by atoms with E-state index in [1.54, 1.807) is 24.3 Å². The van der Waals surface area contributed by atoms with Gasteiger partial charge in [-0.05, 0) is 49.1 Å². The second-order valence-corrected chi connectivity index (χ2v) is 7.56. The lowest BCUT2D eigenvalue weighted by molar-refractivity contribution is -0.319. The predicted octanol–water partition coefficient (Wildman–Crippen LogP) is 2.14. The van der Waals surface area contributed by atoms with Crippen LogP contribution in [0.2, 0.25) is 0 Å². The Morgan fingerprint density at radius 1 is 1.26 bits per heavy atom. The number of aliphatic carboxylic acids is 1. The summed E-state index contributed by atoms with van der Waals surface area (Å²) < 4.78 is 0. The Morgan fingerprint density at radius 3 is 2.43 bits per heavy atom. The molecule has 4 heteroatoms. The van der Waals surface area contributed by atoms with Crippen molar-refractivity contribution in [1.29, 1.82) is 0 Å². The lowest BCUT2D eigenvalue weighted by Gasteiger charge is -2.50. The number of carboxylic acids is 1. The van der Waals surface area contributed by atoms with E-state index in [2.05, 4.69) is 19.2 Å². The number of hydrogen-bond donors (Lipinski definition) is 1. The molecule has 4 atom stereocenters. The van der Waals surface area contributed by atoms with E-state index in [4.69, 9.17) is 0 Å². The van der Waals surface area contributed by atoms with Crippen LogP contribution in [-0.2, 0) is 4.79 Å². The van der Waals surface area contributed by atoms with Gasteiger partial charge in [0.15, 0.2) is 0 Å². The van der Waals surface area contributed by atoms with Crippen LogP contribution in [0.25, 0.3) is 0 Å². The van der Waals surface area contributed by atoms with Crippen LogP contribution in [0.4, 0.5) is 0 Å². The highest BCUT2D eigenvalue weighted by Crippen LogP contribution is 2.70. The van der Waals surface area contributed by atoms with E-state index in [1.165, 1.54) is 0 Å². The van der Waals surface area contributed by atoms with Crippen molar-refractivity contribution in [2.24, 2.45) is 16.7 Å². The van der Waals surface area contributed by atoms with Crippen LogP contribution in [0.3, 0.4) is 0 Å². The van der Waals surface area contributed by atoms with Crippen molar-refractivity contribution in [1.82, 2.24) is 5.32 Å². The summed E-state index contributed by atoms with van der Waals surface area (Å²) in [7, 11) is 0. The maximum absolute atomic E-state index is 12.6. The Kier molecular flexibility index (Phi) is 3.54. The second kappa shape index (κ2) is 5.08. The number of hydrogen-bond acceptors (Lipinski definition) is 3. The molecule has 0 aromatic heterocycles. The summed E-state index contributed by atoms with van der Waals surface area (Å²) in [6.07, 6.45) is 3.21. The molecule has 0 aliphatic heterocycles. The standard InChI is InChI=1S/C19H25NO3/c1-4-17(2)14-10-11-18(17,3)19(12-14,16(22)23)20-15(21)13-8-6-5-7-9-13/h5-9,14H,4,10-12H2,1-3H3,(H,20,21)(H,22,23)/p-1/t14-,17+,18-,19+/m0/s1. The van der Waals surface area contributed by atoms with Crippen LogP contribution in [0.5, 0.6) is 0 Å². The third-order valence-electron chi connectivity index (χ3n) is 7.09. The first kappa shape index (κ1) is 16.0. The molecular weight excluding hydrogens is 290 g/mol. The monoisotopic (exact) mass is 314 g/mol. The largest absolute Gasteiger partial charge is 0.548 e. The van der Waals surface area contributed by atoms with E-state index < -0.39 is 16.9 Å². The average molecular weight is 314 g/mol. The van der Waals surface area contributed by atoms with Gasteiger partial charge in [0, 0.05) is 11.0 Å². The summed E-state index contributed by atoms with van der Waals surface area (Å²) >= 11 is 0. The van der Waals surface area contributed by atoms with E-state index in [-0.39, 0.29) is 11.3 Å². The minimum Gasteiger partial charge on any atom is -0.548 e. The molecule has 4 nitrogen and oxygen atoms in total. The number of carbonyl (C=O) groups excluding carboxylic acids is 2. The number of carbonyl (C=O) groups is 2. The van der Waals surface area contributed by atoms with Gasteiger partial charge in [0.05, 0.1) is 11.5 Å². The zero-order valence-electron chi connectivity index (χ0n) is 14.0. The number of fused-ring (bicyclic) bond motifs is 2. The van der Waals surface area contributed by atoms with Crippen molar-refractivity contribution in [2.45, 2.75) is 52.0 Å². The predicted molar refractivity (Wildman–Crippen MR) is 85.5 cm³/mol. The second-order valence-electron chi connectivity index (χ2n) is 7.56. The Bertz CT molecular complexity index is 643. The molecule has 124 valence electrons. The van der Waals surface area contributed by atoms with Crippen LogP contribution in [0.15, 0.2) is 30.3 Å². The Morgan fingerprint density at radius 2 is 1.91 bits per heavy atom. The zero-order valence-corrected chi connectivity index (χ0v) is 14.0. The van der Waals surface area contributed by atoms with Gasteiger partial charge in [0.2, 0.25) is 0 Å². The Hall–Kier alpha value is -1.84. The van der Waals surface area contributed by atoms with Gasteiger partial charge in [-0.25, -0.2) is 0 Å². The summed E-state index contributed by atoms with van der Waals surface area (Å²) in [5.41, 5.74) is -1.37. The number of carboxylic acid groups (broad SMARTS) is 1. The van der Waals surface area contributed by atoms with Crippen LogP contribution in [0, 0.1) is 16.7 Å². The molecule has 3 rings (SSSR count). The molecule has 23 heavy (non-hydrogen) atoms. The third kappa shape index (κ3) is 1.90. The van der Waals surface area contributed by atoms with Gasteiger partial charge in [-0.15, -0.1) is 0 Å². The molecule has 0 unspecified atom stereocenters. The van der Waals surface area contributed by atoms with Gasteiger partial charge in [-0.1, -0.05) is 39.0 Å². The van der Waals surface area contributed by atoms with Crippen LogP contribution < -0.4 is 10.4 Å². The molecule has 1 aromatic carbocycles. The molecule has 0 saturated heterocycles. The first-order valence-corrected chi connectivity index (χ1v) is 8.40. The Labute approximate surface area is 137 Å². The van der Waals surface area contributed by atoms with Crippen molar-refractivity contribution >= 4 is 11.9 Å². The van der Waals surface area contributed by atoms with E-state index in [9.17, 15) is 14.7 Å². The average Bonchev–Trinajstić information content (AvgIpc) is 2.90. The summed E-state index contributed by atoms with van der Waals surface area (Å²) in [5, 5.41) is 15.0. The van der Waals surface area contributed by atoms with Gasteiger partial charge in [-0.3, -0.25) is 4.79 Å². The Balaban J connectivity index is 2.00. The topological polar surface area (TPSA) is 69.2 Å². The SMILES string of the molecule is CC[C@]1(C)[C@H]2CC[C@]1(C)[C@](NC(=O)c1ccccc1)(C(=O)[O-])C2. The highest BCUT2D eigenvalue weighted by atomic mass is 16.4. The van der Waals surface area contributed by atoms with Crippen molar-refractivity contribution in [3.05, 3.63) is 35.9 Å². The van der Waals surface area contributed by atoms with Crippen molar-refractivity contribution in [2.75, 3.05) is 0 Å². The van der Waals surface area contributed by atoms with E-state index in [0.717, 1.165) is 19.3 Å². The lowest BCUT2D eigenvalue weighted by atomic mass is 9.61. The molecule has 0 radical (unpaired) electrons. The molecule has 1 aromatic rings. The van der Waals surface area contributed by atoms with Gasteiger partial charge < -0.3 is 15.2 Å². The fourth-order valence-corrected chi connectivity index (χ4v) is 5.22. The molecule has 2 aliphatic rings. The molecule has 1 N–H and O–H groups in total. The maximum Gasteiger partial charge on any atom is 0.252 e. The molecule has 2 fully saturated rings. The summed E-state index contributed by atoms with van der Waals surface area (Å²) in [5.74, 6) is -1.17. The first-order chi connectivity index (χ1) is 10.8. The summed E-state index contributed by atoms with van der Waals surface area (Å²) in [6, 6.07) is 8.79. The minimum atomic E-state index is -1.28. The molecule has 2 aliphatic carbocycles. The van der Waals surface area contributed by atoms with Crippen LogP contribution >= 0.6 is 0 Å². The quantitative estimate of drug-likeness (QED) is 0.925. The fourth-order valence-electron chi connectivity index (χ4n) is 5.22. The van der Waals surface area contributed by atoms with Gasteiger partial charge in [0.25, 0.3) is 5.91 Å². The van der Waals surface area contributed by atoms with Crippen LogP contribution in [0.1, 0.15) is 56.8 Å². The zero-order chi connectivity index (χ0) is 16.9.